The van der Waals surface area contributed by atoms with E-state index in [-0.39, 0.29) is 23.4 Å². The summed E-state index contributed by atoms with van der Waals surface area (Å²) in [6, 6.07) is 6.16. The van der Waals surface area contributed by atoms with Crippen molar-refractivity contribution in [3.8, 4) is 0 Å². The van der Waals surface area contributed by atoms with Crippen molar-refractivity contribution in [3.05, 3.63) is 46.0 Å². The number of hydrogen-bond acceptors (Lipinski definition) is 4. The van der Waals surface area contributed by atoms with E-state index in [1.54, 1.807) is 32.0 Å². The SMILES string of the molecule is CC(C)C(=O)NCCNC(=O)/C=C/c1ccccc1[N+](=O)[O-]. The molecule has 0 fully saturated rings. The van der Waals surface area contributed by atoms with Crippen molar-refractivity contribution >= 4 is 23.6 Å². The Hall–Kier alpha value is -2.70. The lowest BCUT2D eigenvalue weighted by Crippen LogP contribution is -2.35. The average Bonchev–Trinajstić information content (AvgIpc) is 2.49. The molecule has 7 heteroatoms. The van der Waals surface area contributed by atoms with Gasteiger partial charge < -0.3 is 10.6 Å². The van der Waals surface area contributed by atoms with Crippen LogP contribution in [0, 0.1) is 16.0 Å². The molecule has 0 spiro atoms. The van der Waals surface area contributed by atoms with Crippen LogP contribution in [0.3, 0.4) is 0 Å². The standard InChI is InChI=1S/C15H19N3O4/c1-11(2)15(20)17-10-9-16-14(19)8-7-12-5-3-4-6-13(12)18(21)22/h3-8,11H,9-10H2,1-2H3,(H,16,19)(H,17,20)/b8-7+. The lowest BCUT2D eigenvalue weighted by Gasteiger charge is -2.07. The van der Waals surface area contributed by atoms with E-state index in [1.165, 1.54) is 18.2 Å². The second-order valence-corrected chi connectivity index (χ2v) is 4.89. The molecule has 0 saturated heterocycles. The van der Waals surface area contributed by atoms with Gasteiger partial charge in [0.2, 0.25) is 11.8 Å². The maximum atomic E-state index is 11.6. The van der Waals surface area contributed by atoms with Crippen molar-refractivity contribution in [2.45, 2.75) is 13.8 Å². The molecule has 0 aliphatic carbocycles. The molecule has 118 valence electrons. The number of nitrogens with zero attached hydrogens (tertiary/aromatic N) is 1. The molecule has 0 bridgehead atoms. The molecule has 0 unspecified atom stereocenters. The third kappa shape index (κ3) is 5.74. The summed E-state index contributed by atoms with van der Waals surface area (Å²) in [4.78, 5) is 33.2. The van der Waals surface area contributed by atoms with Crippen molar-refractivity contribution in [2.75, 3.05) is 13.1 Å². The second-order valence-electron chi connectivity index (χ2n) is 4.89. The summed E-state index contributed by atoms with van der Waals surface area (Å²) in [6.45, 7) is 4.19. The molecule has 1 aromatic rings. The number of carbonyl (C=O) groups excluding carboxylic acids is 2. The molecule has 2 amide bonds. The van der Waals surface area contributed by atoms with E-state index >= 15 is 0 Å². The Morgan fingerprint density at radius 3 is 2.50 bits per heavy atom. The fourth-order valence-electron chi connectivity index (χ4n) is 1.59. The lowest BCUT2D eigenvalue weighted by atomic mass is 10.1. The Morgan fingerprint density at radius 1 is 1.23 bits per heavy atom. The molecule has 0 radical (unpaired) electrons. The summed E-state index contributed by atoms with van der Waals surface area (Å²) in [5, 5.41) is 16.1. The van der Waals surface area contributed by atoms with Gasteiger partial charge in [-0.05, 0) is 12.1 Å². The van der Waals surface area contributed by atoms with E-state index in [0.29, 0.717) is 18.7 Å². The number of hydrogen-bond donors (Lipinski definition) is 2. The van der Waals surface area contributed by atoms with Gasteiger partial charge in [-0.1, -0.05) is 26.0 Å². The van der Waals surface area contributed by atoms with E-state index in [9.17, 15) is 19.7 Å². The quantitative estimate of drug-likeness (QED) is 0.345. The van der Waals surface area contributed by atoms with E-state index in [1.807, 2.05) is 0 Å². The first-order valence-corrected chi connectivity index (χ1v) is 6.89. The summed E-state index contributed by atoms with van der Waals surface area (Å²) >= 11 is 0. The van der Waals surface area contributed by atoms with Gasteiger partial charge in [0.15, 0.2) is 0 Å². The molecular formula is C15H19N3O4. The van der Waals surface area contributed by atoms with Gasteiger partial charge in [0.25, 0.3) is 5.69 Å². The molecule has 0 saturated carbocycles. The monoisotopic (exact) mass is 305 g/mol. The highest BCUT2D eigenvalue weighted by atomic mass is 16.6. The van der Waals surface area contributed by atoms with E-state index in [2.05, 4.69) is 10.6 Å². The van der Waals surface area contributed by atoms with Gasteiger partial charge in [-0.15, -0.1) is 0 Å². The van der Waals surface area contributed by atoms with Crippen LogP contribution >= 0.6 is 0 Å². The average molecular weight is 305 g/mol. The van der Waals surface area contributed by atoms with Gasteiger partial charge >= 0.3 is 0 Å². The Morgan fingerprint density at radius 2 is 1.86 bits per heavy atom. The number of nitro groups is 1. The number of nitro benzene ring substituents is 1. The van der Waals surface area contributed by atoms with Gasteiger partial charge in [-0.25, -0.2) is 0 Å². The van der Waals surface area contributed by atoms with E-state index in [4.69, 9.17) is 0 Å². The van der Waals surface area contributed by atoms with E-state index < -0.39 is 4.92 Å². The van der Waals surface area contributed by atoms with Gasteiger partial charge in [0.1, 0.15) is 0 Å². The maximum absolute atomic E-state index is 11.6. The van der Waals surface area contributed by atoms with Crippen LogP contribution < -0.4 is 10.6 Å². The number of benzene rings is 1. The van der Waals surface area contributed by atoms with Crippen LogP contribution in [0.2, 0.25) is 0 Å². The first kappa shape index (κ1) is 17.4. The van der Waals surface area contributed by atoms with Gasteiger partial charge in [0, 0.05) is 31.1 Å². The third-order valence-corrected chi connectivity index (χ3v) is 2.80. The van der Waals surface area contributed by atoms with Crippen LogP contribution in [0.15, 0.2) is 30.3 Å². The summed E-state index contributed by atoms with van der Waals surface area (Å²) in [7, 11) is 0. The smallest absolute Gasteiger partial charge is 0.276 e. The van der Waals surface area contributed by atoms with E-state index in [0.717, 1.165) is 0 Å². The van der Waals surface area contributed by atoms with Crippen LogP contribution in [0.5, 0.6) is 0 Å². The lowest BCUT2D eigenvalue weighted by molar-refractivity contribution is -0.385. The first-order valence-electron chi connectivity index (χ1n) is 6.89. The molecule has 2 N–H and O–H groups in total. The maximum Gasteiger partial charge on any atom is 0.276 e. The van der Waals surface area contributed by atoms with Crippen LogP contribution in [-0.4, -0.2) is 29.8 Å². The molecular weight excluding hydrogens is 286 g/mol. The van der Waals surface area contributed by atoms with Crippen LogP contribution in [-0.2, 0) is 9.59 Å². The minimum absolute atomic E-state index is 0.0595. The van der Waals surface area contributed by atoms with Crippen molar-refractivity contribution < 1.29 is 14.5 Å². The zero-order chi connectivity index (χ0) is 16.5. The van der Waals surface area contributed by atoms with Gasteiger partial charge in [0.05, 0.1) is 10.5 Å². The summed E-state index contributed by atoms with van der Waals surface area (Å²) in [5.41, 5.74) is 0.298. The van der Waals surface area contributed by atoms with Crippen molar-refractivity contribution in [1.29, 1.82) is 0 Å². The van der Waals surface area contributed by atoms with Crippen molar-refractivity contribution in [1.82, 2.24) is 10.6 Å². The molecule has 7 nitrogen and oxygen atoms in total. The number of para-hydroxylation sites is 1. The molecule has 0 aliphatic rings. The highest BCUT2D eigenvalue weighted by Crippen LogP contribution is 2.18. The summed E-state index contributed by atoms with van der Waals surface area (Å²) in [5.74, 6) is -0.559. The molecule has 22 heavy (non-hydrogen) atoms. The predicted octanol–water partition coefficient (Wildman–Crippen LogP) is 1.50. The fraction of sp³-hybridized carbons (Fsp3) is 0.333. The third-order valence-electron chi connectivity index (χ3n) is 2.80. The normalized spacial score (nSPS) is 10.7. The van der Waals surface area contributed by atoms with Crippen molar-refractivity contribution in [3.63, 3.8) is 0 Å². The summed E-state index contributed by atoms with van der Waals surface area (Å²) in [6.07, 6.45) is 2.62. The van der Waals surface area contributed by atoms with Gasteiger partial charge in [-0.3, -0.25) is 19.7 Å². The Kier molecular flexibility index (Phi) is 6.75. The molecule has 0 atom stereocenters. The Labute approximate surface area is 128 Å². The largest absolute Gasteiger partial charge is 0.354 e. The molecule has 1 aromatic carbocycles. The van der Waals surface area contributed by atoms with Crippen LogP contribution in [0.4, 0.5) is 5.69 Å². The Balaban J connectivity index is 2.46. The number of amides is 2. The van der Waals surface area contributed by atoms with Crippen molar-refractivity contribution in [2.24, 2.45) is 5.92 Å². The Bertz CT molecular complexity index is 582. The highest BCUT2D eigenvalue weighted by Gasteiger charge is 2.09. The molecule has 0 aromatic heterocycles. The van der Waals surface area contributed by atoms with Crippen LogP contribution in [0.1, 0.15) is 19.4 Å². The fourth-order valence-corrected chi connectivity index (χ4v) is 1.59. The summed E-state index contributed by atoms with van der Waals surface area (Å²) < 4.78 is 0. The zero-order valence-electron chi connectivity index (χ0n) is 12.5. The molecule has 0 aliphatic heterocycles. The zero-order valence-corrected chi connectivity index (χ0v) is 12.5. The topological polar surface area (TPSA) is 101 Å². The minimum Gasteiger partial charge on any atom is -0.354 e. The van der Waals surface area contributed by atoms with Gasteiger partial charge in [-0.2, -0.15) is 0 Å². The number of rotatable bonds is 7. The molecule has 0 heterocycles. The molecule has 1 rings (SSSR count). The predicted molar refractivity (Wildman–Crippen MR) is 83.0 cm³/mol. The highest BCUT2D eigenvalue weighted by molar-refractivity contribution is 5.92. The van der Waals surface area contributed by atoms with Crippen LogP contribution in [0.25, 0.3) is 6.08 Å². The minimum atomic E-state index is -0.501. The second kappa shape index (κ2) is 8.56. The number of nitrogens with one attached hydrogen (secondary N) is 2. The number of carbonyl (C=O) groups is 2. The first-order chi connectivity index (χ1) is 10.4.